The van der Waals surface area contributed by atoms with Gasteiger partial charge in [-0.1, -0.05) is 12.1 Å². The van der Waals surface area contributed by atoms with Crippen molar-refractivity contribution in [1.29, 1.82) is 0 Å². The van der Waals surface area contributed by atoms with E-state index in [4.69, 9.17) is 0 Å². The summed E-state index contributed by atoms with van der Waals surface area (Å²) in [4.78, 5) is 11.8. The molecule has 1 heterocycles. The average Bonchev–Trinajstić information content (AvgIpc) is 2.10. The maximum absolute atomic E-state index is 11.8. The van der Waals surface area contributed by atoms with E-state index in [0.717, 1.165) is 22.4 Å². The average molecular weight is 189 g/mol. The number of rotatable bonds is 0. The summed E-state index contributed by atoms with van der Waals surface area (Å²) >= 11 is 0. The summed E-state index contributed by atoms with van der Waals surface area (Å²) in [6.45, 7) is 6.08. The highest BCUT2D eigenvalue weighted by molar-refractivity contribution is 6.05. The molecule has 0 aromatic heterocycles. The quantitative estimate of drug-likeness (QED) is 0.679. The van der Waals surface area contributed by atoms with Crippen molar-refractivity contribution in [3.8, 4) is 0 Å². The van der Waals surface area contributed by atoms with Crippen LogP contribution in [0.25, 0.3) is 0 Å². The van der Waals surface area contributed by atoms with Crippen LogP contribution in [0.15, 0.2) is 12.1 Å². The first kappa shape index (κ1) is 9.25. The van der Waals surface area contributed by atoms with Gasteiger partial charge in [0.25, 0.3) is 0 Å². The molecule has 74 valence electrons. The van der Waals surface area contributed by atoms with Crippen molar-refractivity contribution in [2.75, 3.05) is 5.32 Å². The third-order valence-electron chi connectivity index (χ3n) is 2.78. The number of carbonyl (C=O) groups excluding carboxylic acids is 1. The highest BCUT2D eigenvalue weighted by Crippen LogP contribution is 2.30. The first-order chi connectivity index (χ1) is 6.59. The van der Waals surface area contributed by atoms with Crippen LogP contribution in [0, 0.1) is 13.8 Å². The van der Waals surface area contributed by atoms with Crippen LogP contribution in [-0.4, -0.2) is 11.8 Å². The third-order valence-corrected chi connectivity index (χ3v) is 2.78. The fourth-order valence-corrected chi connectivity index (χ4v) is 2.03. The van der Waals surface area contributed by atoms with Gasteiger partial charge in [-0.05, 0) is 31.9 Å². The number of hydrogen-bond acceptors (Lipinski definition) is 2. The molecular formula is C12H15NO. The van der Waals surface area contributed by atoms with Crippen LogP contribution in [0.4, 0.5) is 5.69 Å². The van der Waals surface area contributed by atoms with E-state index in [1.165, 1.54) is 0 Å². The van der Waals surface area contributed by atoms with Crippen molar-refractivity contribution < 1.29 is 4.79 Å². The number of aryl methyl sites for hydroxylation is 2. The van der Waals surface area contributed by atoms with Gasteiger partial charge in [0.05, 0.1) is 0 Å². The van der Waals surface area contributed by atoms with Crippen LogP contribution < -0.4 is 5.32 Å². The van der Waals surface area contributed by atoms with Crippen molar-refractivity contribution in [2.24, 2.45) is 0 Å². The molecule has 1 aromatic rings. The SMILES string of the molecule is Cc1ccc(C)c2c1NC(C)CC2=O. The number of carbonyl (C=O) groups is 1. The second-order valence-corrected chi connectivity index (χ2v) is 4.12. The normalized spacial score (nSPS) is 20.2. The van der Waals surface area contributed by atoms with Gasteiger partial charge < -0.3 is 5.32 Å². The van der Waals surface area contributed by atoms with Crippen LogP contribution in [-0.2, 0) is 0 Å². The van der Waals surface area contributed by atoms with Gasteiger partial charge in [0, 0.05) is 23.7 Å². The van der Waals surface area contributed by atoms with Gasteiger partial charge in [0.2, 0.25) is 0 Å². The minimum Gasteiger partial charge on any atom is -0.381 e. The number of hydrogen-bond donors (Lipinski definition) is 1. The molecule has 14 heavy (non-hydrogen) atoms. The van der Waals surface area contributed by atoms with E-state index < -0.39 is 0 Å². The van der Waals surface area contributed by atoms with Crippen LogP contribution in [0.1, 0.15) is 34.8 Å². The maximum Gasteiger partial charge on any atom is 0.167 e. The fourth-order valence-electron chi connectivity index (χ4n) is 2.03. The zero-order valence-electron chi connectivity index (χ0n) is 8.85. The van der Waals surface area contributed by atoms with E-state index in [-0.39, 0.29) is 11.8 Å². The van der Waals surface area contributed by atoms with Gasteiger partial charge in [0.1, 0.15) is 0 Å². The van der Waals surface area contributed by atoms with E-state index in [9.17, 15) is 4.79 Å². The topological polar surface area (TPSA) is 29.1 Å². The summed E-state index contributed by atoms with van der Waals surface area (Å²) in [6.07, 6.45) is 0.608. The summed E-state index contributed by atoms with van der Waals surface area (Å²) in [6, 6.07) is 4.34. The summed E-state index contributed by atoms with van der Waals surface area (Å²) in [5.41, 5.74) is 4.16. The highest BCUT2D eigenvalue weighted by atomic mass is 16.1. The molecule has 0 saturated heterocycles. The molecule has 1 unspecified atom stereocenters. The predicted molar refractivity (Wildman–Crippen MR) is 57.9 cm³/mol. The van der Waals surface area contributed by atoms with Crippen LogP contribution in [0.2, 0.25) is 0 Å². The molecule has 2 rings (SSSR count). The van der Waals surface area contributed by atoms with Crippen molar-refractivity contribution in [1.82, 2.24) is 0 Å². The summed E-state index contributed by atoms with van der Waals surface area (Å²) < 4.78 is 0. The Morgan fingerprint density at radius 3 is 2.64 bits per heavy atom. The molecule has 0 radical (unpaired) electrons. The van der Waals surface area contributed by atoms with Gasteiger partial charge in [-0.2, -0.15) is 0 Å². The molecular weight excluding hydrogens is 174 g/mol. The maximum atomic E-state index is 11.8. The molecule has 1 N–H and O–H groups in total. The number of ketones is 1. The highest BCUT2D eigenvalue weighted by Gasteiger charge is 2.24. The van der Waals surface area contributed by atoms with Crippen LogP contribution in [0.3, 0.4) is 0 Å². The van der Waals surface area contributed by atoms with Crippen molar-refractivity contribution >= 4 is 11.5 Å². The molecule has 0 aliphatic carbocycles. The Hall–Kier alpha value is -1.31. The monoisotopic (exact) mass is 189 g/mol. The lowest BCUT2D eigenvalue weighted by atomic mass is 9.91. The minimum absolute atomic E-state index is 0.260. The zero-order chi connectivity index (χ0) is 10.3. The fraction of sp³-hybridized carbons (Fsp3) is 0.417. The molecule has 1 aromatic carbocycles. The van der Waals surface area contributed by atoms with Gasteiger partial charge in [-0.3, -0.25) is 4.79 Å². The van der Waals surface area contributed by atoms with E-state index in [2.05, 4.69) is 11.4 Å². The predicted octanol–water partition coefficient (Wildman–Crippen LogP) is 2.69. The third kappa shape index (κ3) is 1.31. The van der Waals surface area contributed by atoms with E-state index in [1.807, 2.05) is 26.8 Å². The van der Waals surface area contributed by atoms with Gasteiger partial charge in [-0.25, -0.2) is 0 Å². The van der Waals surface area contributed by atoms with E-state index in [0.29, 0.717) is 6.42 Å². The van der Waals surface area contributed by atoms with Gasteiger partial charge >= 0.3 is 0 Å². The Balaban J connectivity index is 2.63. The lowest BCUT2D eigenvalue weighted by molar-refractivity contribution is 0.0974. The first-order valence-corrected chi connectivity index (χ1v) is 4.99. The second-order valence-electron chi connectivity index (χ2n) is 4.12. The smallest absolute Gasteiger partial charge is 0.167 e. The first-order valence-electron chi connectivity index (χ1n) is 4.99. The number of nitrogens with one attached hydrogen (secondary N) is 1. The van der Waals surface area contributed by atoms with Gasteiger partial charge in [-0.15, -0.1) is 0 Å². The summed E-state index contributed by atoms with van der Waals surface area (Å²) in [5, 5.41) is 3.38. The lowest BCUT2D eigenvalue weighted by Crippen LogP contribution is -2.27. The van der Waals surface area contributed by atoms with E-state index in [1.54, 1.807) is 0 Å². The molecule has 1 aliphatic rings. The lowest BCUT2D eigenvalue weighted by Gasteiger charge is -2.26. The number of benzene rings is 1. The largest absolute Gasteiger partial charge is 0.381 e. The molecule has 0 bridgehead atoms. The number of Topliss-reactive ketones (excluding diaryl/α,β-unsaturated/α-hetero) is 1. The number of fused-ring (bicyclic) bond motifs is 1. The molecule has 2 nitrogen and oxygen atoms in total. The Kier molecular flexibility index (Phi) is 2.06. The molecule has 0 saturated carbocycles. The number of anilines is 1. The molecule has 0 fully saturated rings. The Morgan fingerprint density at radius 2 is 1.93 bits per heavy atom. The minimum atomic E-state index is 0.260. The molecule has 1 atom stereocenters. The molecule has 0 spiro atoms. The standard InChI is InChI=1S/C12H15NO/c1-7-4-5-8(2)12-11(7)10(14)6-9(3)13-12/h4-5,9,13H,6H2,1-3H3. The Labute approximate surface area is 84.3 Å². The van der Waals surface area contributed by atoms with Crippen LogP contribution in [0.5, 0.6) is 0 Å². The Bertz CT molecular complexity index is 396. The molecule has 1 aliphatic heterocycles. The Morgan fingerprint density at radius 1 is 1.29 bits per heavy atom. The summed E-state index contributed by atoms with van der Waals surface area (Å²) in [7, 11) is 0. The van der Waals surface area contributed by atoms with Crippen molar-refractivity contribution in [3.05, 3.63) is 28.8 Å². The van der Waals surface area contributed by atoms with E-state index >= 15 is 0 Å². The van der Waals surface area contributed by atoms with Crippen molar-refractivity contribution in [2.45, 2.75) is 33.2 Å². The second kappa shape index (κ2) is 3.12. The summed E-state index contributed by atoms with van der Waals surface area (Å²) in [5.74, 6) is 0.271. The molecule has 0 amide bonds. The van der Waals surface area contributed by atoms with Gasteiger partial charge in [0.15, 0.2) is 5.78 Å². The molecule has 2 heteroatoms. The zero-order valence-corrected chi connectivity index (χ0v) is 8.85. The van der Waals surface area contributed by atoms with Crippen molar-refractivity contribution in [3.63, 3.8) is 0 Å². The van der Waals surface area contributed by atoms with Crippen LogP contribution >= 0.6 is 0 Å².